The molecule has 0 amide bonds. The molecule has 0 aliphatic rings. The second-order valence-electron chi connectivity index (χ2n) is 4.87. The number of carbonyl (C=O) groups excluding carboxylic acids is 1. The van der Waals surface area contributed by atoms with E-state index in [0.717, 1.165) is 19.3 Å². The molecule has 14 heavy (non-hydrogen) atoms. The van der Waals surface area contributed by atoms with Crippen molar-refractivity contribution in [1.29, 1.82) is 0 Å². The number of nitrogens with zero attached hydrogens (tertiary/aromatic N) is 1. The molecule has 0 saturated heterocycles. The predicted octanol–water partition coefficient (Wildman–Crippen LogP) is 2.47. The molecule has 0 fully saturated rings. The molecular formula is C10H21NO2Si. The molecule has 0 aromatic heterocycles. The van der Waals surface area contributed by atoms with Crippen LogP contribution in [-0.2, 0) is 4.79 Å². The van der Waals surface area contributed by atoms with Crippen molar-refractivity contribution in [2.24, 2.45) is 4.99 Å². The average Bonchev–Trinajstić information content (AvgIpc) is 2.02. The van der Waals surface area contributed by atoms with E-state index in [-0.39, 0.29) is 5.04 Å². The summed E-state index contributed by atoms with van der Waals surface area (Å²) in [5, 5.41) is 0.0396. The fourth-order valence-electron chi connectivity index (χ4n) is 1.11. The van der Waals surface area contributed by atoms with E-state index in [9.17, 15) is 9.59 Å². The van der Waals surface area contributed by atoms with Crippen LogP contribution in [0.1, 0.15) is 33.1 Å². The summed E-state index contributed by atoms with van der Waals surface area (Å²) in [4.78, 5) is 23.3. The first-order valence-corrected chi connectivity index (χ1v) is 8.02. The van der Waals surface area contributed by atoms with Gasteiger partial charge in [-0.1, -0.05) is 20.3 Å². The van der Waals surface area contributed by atoms with Crippen molar-refractivity contribution >= 4 is 14.4 Å². The summed E-state index contributed by atoms with van der Waals surface area (Å²) in [7, 11) is -2.06. The Labute approximate surface area is 87.4 Å². The summed E-state index contributed by atoms with van der Waals surface area (Å²) in [6.45, 7) is 8.73. The average molecular weight is 215 g/mol. The molecular weight excluding hydrogens is 194 g/mol. The molecule has 4 heteroatoms. The molecule has 0 rings (SSSR count). The maximum atomic E-state index is 10.0. The number of isocyanates is 1. The van der Waals surface area contributed by atoms with Gasteiger partial charge < -0.3 is 4.80 Å². The monoisotopic (exact) mass is 215 g/mol. The molecule has 0 aliphatic heterocycles. The van der Waals surface area contributed by atoms with E-state index in [1.165, 1.54) is 6.08 Å². The van der Waals surface area contributed by atoms with Crippen LogP contribution in [0.4, 0.5) is 0 Å². The zero-order valence-corrected chi connectivity index (χ0v) is 10.6. The Balaban J connectivity index is 3.83. The molecule has 0 saturated carbocycles. The molecule has 0 bridgehead atoms. The zero-order chi connectivity index (χ0) is 11.2. The molecule has 0 unspecified atom stereocenters. The first-order chi connectivity index (χ1) is 6.31. The second kappa shape index (κ2) is 5.44. The van der Waals surface area contributed by atoms with Crippen LogP contribution in [0.5, 0.6) is 0 Å². The van der Waals surface area contributed by atoms with Gasteiger partial charge in [0.2, 0.25) is 6.08 Å². The Morgan fingerprint density at radius 2 is 1.93 bits per heavy atom. The normalized spacial score (nSPS) is 12.4. The maximum absolute atomic E-state index is 10.0. The number of unbranched alkanes of at least 4 members (excludes halogenated alkanes) is 1. The van der Waals surface area contributed by atoms with Crippen molar-refractivity contribution in [2.75, 3.05) is 6.54 Å². The number of hydrogen-bond donors (Lipinski definition) is 1. The fraction of sp³-hybridized carbons (Fsp3) is 0.900. The molecule has 0 atom stereocenters. The largest absolute Gasteiger partial charge is 0.432 e. The minimum Gasteiger partial charge on any atom is -0.432 e. The summed E-state index contributed by atoms with van der Waals surface area (Å²) in [6.07, 6.45) is 4.44. The topological polar surface area (TPSA) is 49.7 Å². The summed E-state index contributed by atoms with van der Waals surface area (Å²) in [5.41, 5.74) is 0. The molecule has 0 aromatic rings. The lowest BCUT2D eigenvalue weighted by atomic mass is 10.1. The van der Waals surface area contributed by atoms with Gasteiger partial charge in [-0.05, 0) is 31.0 Å². The quantitative estimate of drug-likeness (QED) is 0.320. The van der Waals surface area contributed by atoms with Gasteiger partial charge in [-0.3, -0.25) is 0 Å². The smallest absolute Gasteiger partial charge is 0.234 e. The van der Waals surface area contributed by atoms with Gasteiger partial charge in [0.05, 0.1) is 6.54 Å². The summed E-state index contributed by atoms with van der Waals surface area (Å²) in [5.74, 6) is 0. The Bertz CT molecular complexity index is 215. The van der Waals surface area contributed by atoms with Gasteiger partial charge in [0, 0.05) is 0 Å². The van der Waals surface area contributed by atoms with Crippen LogP contribution in [0.2, 0.25) is 18.1 Å². The van der Waals surface area contributed by atoms with Crippen LogP contribution in [0, 0.1) is 0 Å². The molecule has 0 radical (unpaired) electrons. The van der Waals surface area contributed by atoms with Crippen molar-refractivity contribution < 1.29 is 9.59 Å². The lowest BCUT2D eigenvalue weighted by molar-refractivity contribution is 0.439. The predicted molar refractivity (Wildman–Crippen MR) is 60.6 cm³/mol. The van der Waals surface area contributed by atoms with E-state index < -0.39 is 8.32 Å². The first kappa shape index (κ1) is 13.6. The number of hydrogen-bond acceptors (Lipinski definition) is 3. The highest BCUT2D eigenvalue weighted by Gasteiger charge is 2.37. The van der Waals surface area contributed by atoms with Crippen LogP contribution < -0.4 is 0 Å². The van der Waals surface area contributed by atoms with Gasteiger partial charge in [-0.25, -0.2) is 9.79 Å². The number of rotatable bonds is 6. The van der Waals surface area contributed by atoms with E-state index in [4.69, 9.17) is 0 Å². The standard InChI is InChI=1S/C10H21NO2Si/c1-10(2,14(3,4)13)7-5-6-8-11-9-12/h13H,5-8H2,1-4H3. The molecule has 1 N–H and O–H groups in total. The minimum absolute atomic E-state index is 0.0396. The lowest BCUT2D eigenvalue weighted by Gasteiger charge is -2.35. The van der Waals surface area contributed by atoms with E-state index in [0.29, 0.717) is 6.54 Å². The van der Waals surface area contributed by atoms with Gasteiger partial charge in [0.1, 0.15) is 0 Å². The van der Waals surface area contributed by atoms with E-state index in [1.54, 1.807) is 0 Å². The third kappa shape index (κ3) is 4.70. The fourth-order valence-corrected chi connectivity index (χ4v) is 1.90. The third-order valence-corrected chi connectivity index (χ3v) is 6.60. The molecule has 0 aliphatic carbocycles. The van der Waals surface area contributed by atoms with Gasteiger partial charge in [0.15, 0.2) is 8.32 Å². The highest BCUT2D eigenvalue weighted by molar-refractivity contribution is 6.72. The minimum atomic E-state index is -2.06. The lowest BCUT2D eigenvalue weighted by Crippen LogP contribution is -2.38. The van der Waals surface area contributed by atoms with Crippen LogP contribution in [-0.4, -0.2) is 25.7 Å². The van der Waals surface area contributed by atoms with Crippen molar-refractivity contribution in [3.05, 3.63) is 0 Å². The van der Waals surface area contributed by atoms with Crippen LogP contribution in [0.25, 0.3) is 0 Å². The number of aliphatic imine (C=N–C) groups is 1. The van der Waals surface area contributed by atoms with E-state index in [1.807, 2.05) is 13.1 Å². The molecule has 0 aromatic carbocycles. The maximum Gasteiger partial charge on any atom is 0.234 e. The first-order valence-electron chi connectivity index (χ1n) is 5.07. The Morgan fingerprint density at radius 1 is 1.36 bits per heavy atom. The highest BCUT2D eigenvalue weighted by Crippen LogP contribution is 2.39. The van der Waals surface area contributed by atoms with Crippen molar-refractivity contribution in [2.45, 2.75) is 51.2 Å². The molecule has 0 heterocycles. The Morgan fingerprint density at radius 3 is 2.36 bits per heavy atom. The molecule has 0 spiro atoms. The highest BCUT2D eigenvalue weighted by atomic mass is 28.4. The third-order valence-electron chi connectivity index (χ3n) is 3.04. The van der Waals surface area contributed by atoms with E-state index >= 15 is 0 Å². The SMILES string of the molecule is CC(C)(CCCCN=C=O)[Si](C)(C)O. The molecule has 3 nitrogen and oxygen atoms in total. The van der Waals surface area contributed by atoms with Crippen molar-refractivity contribution in [3.8, 4) is 0 Å². The Hall–Kier alpha value is -0.443. The van der Waals surface area contributed by atoms with E-state index in [2.05, 4.69) is 18.8 Å². The van der Waals surface area contributed by atoms with Gasteiger partial charge >= 0.3 is 0 Å². The van der Waals surface area contributed by atoms with Crippen LogP contribution in [0.3, 0.4) is 0 Å². The second-order valence-corrected chi connectivity index (χ2v) is 9.34. The molecule has 82 valence electrons. The summed E-state index contributed by atoms with van der Waals surface area (Å²) < 4.78 is 0. The van der Waals surface area contributed by atoms with Crippen molar-refractivity contribution in [3.63, 3.8) is 0 Å². The Kier molecular flexibility index (Phi) is 5.27. The van der Waals surface area contributed by atoms with Crippen LogP contribution in [0.15, 0.2) is 4.99 Å². The van der Waals surface area contributed by atoms with Gasteiger partial charge in [0.25, 0.3) is 0 Å². The van der Waals surface area contributed by atoms with Gasteiger partial charge in [-0.15, -0.1) is 0 Å². The van der Waals surface area contributed by atoms with Crippen molar-refractivity contribution in [1.82, 2.24) is 0 Å². The van der Waals surface area contributed by atoms with Gasteiger partial charge in [-0.2, -0.15) is 0 Å². The summed E-state index contributed by atoms with van der Waals surface area (Å²) >= 11 is 0. The van der Waals surface area contributed by atoms with Crippen LogP contribution >= 0.6 is 0 Å². The summed E-state index contributed by atoms with van der Waals surface area (Å²) in [6, 6.07) is 0. The zero-order valence-electron chi connectivity index (χ0n) is 9.63.